The largest absolute Gasteiger partial charge is 0.494 e. The highest BCUT2D eigenvalue weighted by atomic mass is 16.5. The summed E-state index contributed by atoms with van der Waals surface area (Å²) >= 11 is 0. The first-order valence-electron chi connectivity index (χ1n) is 6.75. The zero-order valence-corrected chi connectivity index (χ0v) is 11.9. The maximum atomic E-state index is 11.0. The molecule has 0 aliphatic carbocycles. The molecule has 106 valence electrons. The lowest BCUT2D eigenvalue weighted by molar-refractivity contribution is -0.171. The topological polar surface area (TPSA) is 49.8 Å². The zero-order chi connectivity index (χ0) is 14.3. The van der Waals surface area contributed by atoms with E-state index in [4.69, 9.17) is 4.74 Å². The summed E-state index contributed by atoms with van der Waals surface area (Å²) in [5.41, 5.74) is 1.07. The molecule has 4 heteroatoms. The second-order valence-corrected chi connectivity index (χ2v) is 4.76. The summed E-state index contributed by atoms with van der Waals surface area (Å²) in [4.78, 5) is 11.0. The van der Waals surface area contributed by atoms with Crippen molar-refractivity contribution >= 4 is 5.91 Å². The van der Waals surface area contributed by atoms with Crippen molar-refractivity contribution < 1.29 is 14.7 Å². The summed E-state index contributed by atoms with van der Waals surface area (Å²) in [5.74, 6) is 0.518. The van der Waals surface area contributed by atoms with Gasteiger partial charge in [0, 0.05) is 6.92 Å². The molecule has 1 aromatic carbocycles. The van der Waals surface area contributed by atoms with Crippen molar-refractivity contribution in [2.75, 3.05) is 6.61 Å². The number of nitrogens with zero attached hydrogens (tertiary/aromatic N) is 1. The third kappa shape index (κ3) is 5.30. The lowest BCUT2D eigenvalue weighted by Gasteiger charge is -2.21. The normalized spacial score (nSPS) is 12.0. The molecule has 0 radical (unpaired) electrons. The van der Waals surface area contributed by atoms with Crippen LogP contribution in [-0.2, 0) is 11.2 Å². The van der Waals surface area contributed by atoms with Gasteiger partial charge in [-0.2, -0.15) is 0 Å². The minimum absolute atomic E-state index is 0.232. The lowest BCUT2D eigenvalue weighted by atomic mass is 10.1. The number of unbranched alkanes of at least 4 members (excludes halogenated alkanes) is 1. The summed E-state index contributed by atoms with van der Waals surface area (Å²) in [6, 6.07) is 7.54. The maximum Gasteiger partial charge on any atom is 0.243 e. The Morgan fingerprint density at radius 2 is 2.00 bits per heavy atom. The van der Waals surface area contributed by atoms with Crippen LogP contribution in [0.25, 0.3) is 0 Å². The molecule has 19 heavy (non-hydrogen) atoms. The molecule has 0 spiro atoms. The van der Waals surface area contributed by atoms with Gasteiger partial charge in [0.1, 0.15) is 5.75 Å². The first-order chi connectivity index (χ1) is 9.04. The van der Waals surface area contributed by atoms with E-state index in [1.54, 1.807) is 0 Å². The molecule has 0 saturated carbocycles. The number of amides is 1. The van der Waals surface area contributed by atoms with E-state index in [0.717, 1.165) is 35.8 Å². The monoisotopic (exact) mass is 265 g/mol. The maximum absolute atomic E-state index is 11.0. The van der Waals surface area contributed by atoms with Gasteiger partial charge in [0.2, 0.25) is 5.91 Å². The van der Waals surface area contributed by atoms with Crippen LogP contribution in [0.4, 0.5) is 0 Å². The SMILES string of the molecule is CCCCOc1ccc(C[C@H](C)N(O)C(C)=O)cc1. The predicted molar refractivity (Wildman–Crippen MR) is 74.3 cm³/mol. The van der Waals surface area contributed by atoms with Gasteiger partial charge in [-0.05, 0) is 37.5 Å². The van der Waals surface area contributed by atoms with E-state index in [1.165, 1.54) is 6.92 Å². The third-order valence-corrected chi connectivity index (χ3v) is 2.96. The van der Waals surface area contributed by atoms with Crippen LogP contribution in [0, 0.1) is 0 Å². The Hall–Kier alpha value is -1.55. The molecule has 0 unspecified atom stereocenters. The van der Waals surface area contributed by atoms with Crippen LogP contribution in [0.2, 0.25) is 0 Å². The summed E-state index contributed by atoms with van der Waals surface area (Å²) in [6.07, 6.45) is 2.79. The van der Waals surface area contributed by atoms with Gasteiger partial charge in [-0.3, -0.25) is 10.0 Å². The standard InChI is InChI=1S/C15H23NO3/c1-4-5-10-19-15-8-6-14(7-9-15)11-12(2)16(18)13(3)17/h6-9,12,18H,4-5,10-11H2,1-3H3/t12-/m0/s1. The van der Waals surface area contributed by atoms with Crippen molar-refractivity contribution in [2.45, 2.75) is 46.1 Å². The van der Waals surface area contributed by atoms with E-state index < -0.39 is 0 Å². The molecule has 1 amide bonds. The molecule has 1 rings (SSSR count). The number of rotatable bonds is 7. The Morgan fingerprint density at radius 3 is 2.53 bits per heavy atom. The van der Waals surface area contributed by atoms with Crippen LogP contribution in [0.1, 0.15) is 39.2 Å². The molecule has 0 bridgehead atoms. The number of benzene rings is 1. The van der Waals surface area contributed by atoms with Crippen molar-refractivity contribution in [3.8, 4) is 5.75 Å². The Morgan fingerprint density at radius 1 is 1.37 bits per heavy atom. The van der Waals surface area contributed by atoms with Crippen LogP contribution in [0.5, 0.6) is 5.75 Å². The summed E-state index contributed by atoms with van der Waals surface area (Å²) in [5, 5.41) is 10.3. The van der Waals surface area contributed by atoms with Gasteiger partial charge < -0.3 is 4.74 Å². The zero-order valence-electron chi connectivity index (χ0n) is 11.9. The van der Waals surface area contributed by atoms with E-state index in [1.807, 2.05) is 31.2 Å². The average Bonchev–Trinajstić information content (AvgIpc) is 2.40. The third-order valence-electron chi connectivity index (χ3n) is 2.96. The fourth-order valence-electron chi connectivity index (χ4n) is 1.79. The average molecular weight is 265 g/mol. The van der Waals surface area contributed by atoms with Crippen molar-refractivity contribution in [1.29, 1.82) is 0 Å². The number of hydrogen-bond donors (Lipinski definition) is 1. The van der Waals surface area contributed by atoms with Gasteiger partial charge in [0.05, 0.1) is 12.6 Å². The molecular formula is C15H23NO3. The fourth-order valence-corrected chi connectivity index (χ4v) is 1.79. The highest BCUT2D eigenvalue weighted by Crippen LogP contribution is 2.15. The van der Waals surface area contributed by atoms with Crippen LogP contribution in [0.3, 0.4) is 0 Å². The Kier molecular flexibility index (Phi) is 6.36. The van der Waals surface area contributed by atoms with Crippen LogP contribution >= 0.6 is 0 Å². The molecule has 0 fully saturated rings. The molecule has 1 atom stereocenters. The Bertz CT molecular complexity index is 389. The second-order valence-electron chi connectivity index (χ2n) is 4.76. The lowest BCUT2D eigenvalue weighted by Crippen LogP contribution is -2.35. The van der Waals surface area contributed by atoms with Crippen LogP contribution in [0.15, 0.2) is 24.3 Å². The molecule has 4 nitrogen and oxygen atoms in total. The van der Waals surface area contributed by atoms with Crippen LogP contribution < -0.4 is 4.74 Å². The van der Waals surface area contributed by atoms with E-state index in [-0.39, 0.29) is 11.9 Å². The highest BCUT2D eigenvalue weighted by Gasteiger charge is 2.14. The molecule has 1 aromatic rings. The summed E-state index contributed by atoms with van der Waals surface area (Å²) < 4.78 is 5.58. The molecule has 0 heterocycles. The van der Waals surface area contributed by atoms with Gasteiger partial charge >= 0.3 is 0 Å². The van der Waals surface area contributed by atoms with E-state index in [9.17, 15) is 10.0 Å². The molecule has 1 N–H and O–H groups in total. The van der Waals surface area contributed by atoms with Gasteiger partial charge in [0.15, 0.2) is 0 Å². The number of ether oxygens (including phenoxy) is 1. The van der Waals surface area contributed by atoms with E-state index >= 15 is 0 Å². The van der Waals surface area contributed by atoms with E-state index in [0.29, 0.717) is 6.42 Å². The summed E-state index contributed by atoms with van der Waals surface area (Å²) in [6.45, 7) is 6.03. The second kappa shape index (κ2) is 7.79. The van der Waals surface area contributed by atoms with Crippen molar-refractivity contribution in [1.82, 2.24) is 5.06 Å². The van der Waals surface area contributed by atoms with Crippen molar-refractivity contribution in [2.24, 2.45) is 0 Å². The highest BCUT2D eigenvalue weighted by molar-refractivity contribution is 5.72. The first-order valence-corrected chi connectivity index (χ1v) is 6.75. The Balaban J connectivity index is 2.49. The van der Waals surface area contributed by atoms with Crippen LogP contribution in [-0.4, -0.2) is 28.8 Å². The molecular weight excluding hydrogens is 242 g/mol. The molecule has 0 aliphatic heterocycles. The predicted octanol–water partition coefficient (Wildman–Crippen LogP) is 3.03. The molecule has 0 saturated heterocycles. The minimum atomic E-state index is -0.341. The van der Waals surface area contributed by atoms with Gasteiger partial charge in [-0.25, -0.2) is 5.06 Å². The van der Waals surface area contributed by atoms with Gasteiger partial charge in [-0.1, -0.05) is 25.5 Å². The number of carbonyl (C=O) groups excluding carboxylic acids is 1. The van der Waals surface area contributed by atoms with Gasteiger partial charge in [0.25, 0.3) is 0 Å². The molecule has 0 aliphatic rings. The number of carbonyl (C=O) groups is 1. The first kappa shape index (κ1) is 15.5. The van der Waals surface area contributed by atoms with Crippen molar-refractivity contribution in [3.63, 3.8) is 0 Å². The summed E-state index contributed by atoms with van der Waals surface area (Å²) in [7, 11) is 0. The number of hydroxylamine groups is 2. The molecule has 0 aromatic heterocycles. The smallest absolute Gasteiger partial charge is 0.243 e. The quantitative estimate of drug-likeness (QED) is 0.468. The van der Waals surface area contributed by atoms with Gasteiger partial charge in [-0.15, -0.1) is 0 Å². The van der Waals surface area contributed by atoms with E-state index in [2.05, 4.69) is 6.92 Å². The minimum Gasteiger partial charge on any atom is -0.494 e. The fraction of sp³-hybridized carbons (Fsp3) is 0.533. The van der Waals surface area contributed by atoms with Crippen molar-refractivity contribution in [3.05, 3.63) is 29.8 Å². The Labute approximate surface area is 114 Å². The number of hydrogen-bond acceptors (Lipinski definition) is 3.